The minimum atomic E-state index is -3.71. The smallest absolute Gasteiger partial charge is 0.171 e. The summed E-state index contributed by atoms with van der Waals surface area (Å²) in [5.74, 6) is 0. The number of hydrogen-bond donors (Lipinski definition) is 0. The zero-order valence-corrected chi connectivity index (χ0v) is 62.9. The van der Waals surface area contributed by atoms with Gasteiger partial charge in [0.15, 0.2) is 21.4 Å². The average Bonchev–Trinajstić information content (AvgIpc) is 1.52. The van der Waals surface area contributed by atoms with Gasteiger partial charge in [0, 0.05) is 47.7 Å². The summed E-state index contributed by atoms with van der Waals surface area (Å²) in [6.07, 6.45) is 0. The monoisotopic (exact) mass is 1470 g/mol. The normalized spacial score (nSPS) is 16.2. The molecule has 6 aliphatic rings. The van der Waals surface area contributed by atoms with E-state index in [2.05, 4.69) is 297 Å². The zero-order valence-electron chi connectivity index (χ0n) is 60.2. The number of rotatable bonds is 10. The summed E-state index contributed by atoms with van der Waals surface area (Å²) in [5.41, 5.74) is 27.5. The molecule has 3 nitrogen and oxygen atoms in total. The molecule has 3 unspecified atom stereocenters. The maximum atomic E-state index is 17.8. The molecule has 0 radical (unpaired) electrons. The summed E-state index contributed by atoms with van der Waals surface area (Å²) in [7, 11) is -10.8. The SMILES string of the molecule is O=P(c1ccccc1)(c1ccc2c(c1)C1(c3ccccc3-c3ccccc31)c1ccccc1-2)c1ccc2c(c1)C1(c3ccccc3-c3ccccc31)c1cc(-c3ccc(P(=O)(c4ccccc4)c4ccc5c(c4)C4(c6ccccc6-c6ccc(P(=O)(c7ccccc7)c7ccccc7)cc64)c4ccccc4-5)cc3)ccc1-2. The van der Waals surface area contributed by atoms with E-state index in [-0.39, 0.29) is 0 Å². The van der Waals surface area contributed by atoms with Crippen molar-refractivity contribution in [3.05, 3.63) is 473 Å². The van der Waals surface area contributed by atoms with E-state index in [0.29, 0.717) is 0 Å². The first kappa shape index (κ1) is 64.4. The van der Waals surface area contributed by atoms with Gasteiger partial charge < -0.3 is 13.7 Å². The molecule has 6 heteroatoms. The highest BCUT2D eigenvalue weighted by atomic mass is 31.2. The molecule has 0 amide bonds. The molecule has 3 atom stereocenters. The van der Waals surface area contributed by atoms with Gasteiger partial charge >= 0.3 is 0 Å². The molecule has 23 rings (SSSR count). The molecule has 0 saturated heterocycles. The summed E-state index contributed by atoms with van der Waals surface area (Å²) in [6.45, 7) is 0. The van der Waals surface area contributed by atoms with Crippen LogP contribution < -0.4 is 47.7 Å². The molecule has 0 saturated carbocycles. The van der Waals surface area contributed by atoms with Crippen LogP contribution >= 0.6 is 21.4 Å². The van der Waals surface area contributed by atoms with Crippen LogP contribution in [0.5, 0.6) is 0 Å². The van der Waals surface area contributed by atoms with Gasteiger partial charge in [0.1, 0.15) is 0 Å². The molecule has 3 spiro atoms. The van der Waals surface area contributed by atoms with Crippen LogP contribution in [0.15, 0.2) is 406 Å². The lowest BCUT2D eigenvalue weighted by molar-refractivity contribution is 0.591. The van der Waals surface area contributed by atoms with Gasteiger partial charge in [0.05, 0.1) is 16.2 Å². The minimum absolute atomic E-state index is 0.622. The van der Waals surface area contributed by atoms with Crippen molar-refractivity contribution >= 4 is 69.2 Å². The molecule has 0 N–H and O–H groups in total. The molecule has 17 aromatic rings. The molecule has 520 valence electrons. The quantitative estimate of drug-likeness (QED) is 0.128. The highest BCUT2D eigenvalue weighted by Crippen LogP contribution is 2.68. The van der Waals surface area contributed by atoms with Crippen LogP contribution in [0.2, 0.25) is 0 Å². The van der Waals surface area contributed by atoms with Crippen LogP contribution in [0.25, 0.3) is 77.9 Å². The first-order valence-electron chi connectivity index (χ1n) is 38.3. The fraction of sp³-hybridized carbons (Fsp3) is 0.0286. The van der Waals surface area contributed by atoms with Crippen molar-refractivity contribution in [2.75, 3.05) is 0 Å². The van der Waals surface area contributed by atoms with Crippen LogP contribution in [0.4, 0.5) is 0 Å². The molecular weight excluding hydrogens is 1400 g/mol. The Morgan fingerprint density at radius 1 is 0.135 bits per heavy atom. The molecule has 6 aliphatic carbocycles. The Hall–Kier alpha value is -12.6. The summed E-state index contributed by atoms with van der Waals surface area (Å²) < 4.78 is 51.7. The van der Waals surface area contributed by atoms with Crippen molar-refractivity contribution in [1.82, 2.24) is 0 Å². The van der Waals surface area contributed by atoms with E-state index in [4.69, 9.17) is 0 Å². The van der Waals surface area contributed by atoms with Crippen molar-refractivity contribution < 1.29 is 13.7 Å². The van der Waals surface area contributed by atoms with Crippen molar-refractivity contribution in [1.29, 1.82) is 0 Å². The molecular formula is C105H67O3P3. The fourth-order valence-electron chi connectivity index (χ4n) is 21.0. The molecule has 0 bridgehead atoms. The average molecular weight is 1470 g/mol. The third-order valence-electron chi connectivity index (χ3n) is 25.6. The predicted molar refractivity (Wildman–Crippen MR) is 459 cm³/mol. The summed E-state index contributed by atoms with van der Waals surface area (Å²) >= 11 is 0. The van der Waals surface area contributed by atoms with Gasteiger partial charge in [0.25, 0.3) is 0 Å². The summed E-state index contributed by atoms with van der Waals surface area (Å²) in [4.78, 5) is 0. The van der Waals surface area contributed by atoms with Gasteiger partial charge in [-0.1, -0.05) is 376 Å². The molecule has 0 aliphatic heterocycles. The Morgan fingerprint density at radius 3 is 0.568 bits per heavy atom. The van der Waals surface area contributed by atoms with Crippen LogP contribution in [-0.2, 0) is 29.9 Å². The third-order valence-corrected chi connectivity index (χ3v) is 34.8. The second-order valence-corrected chi connectivity index (χ2v) is 38.8. The molecule has 0 heterocycles. The van der Waals surface area contributed by atoms with E-state index in [1.807, 2.05) is 109 Å². The third kappa shape index (κ3) is 8.38. The Bertz CT molecular complexity index is 6840. The van der Waals surface area contributed by atoms with Crippen molar-refractivity contribution in [2.45, 2.75) is 16.2 Å². The first-order chi connectivity index (χ1) is 54.7. The van der Waals surface area contributed by atoms with Gasteiger partial charge in [0.2, 0.25) is 0 Å². The molecule has 17 aromatic carbocycles. The molecule has 111 heavy (non-hydrogen) atoms. The van der Waals surface area contributed by atoms with E-state index in [0.717, 1.165) is 137 Å². The lowest BCUT2D eigenvalue weighted by Gasteiger charge is -2.32. The van der Waals surface area contributed by atoms with Gasteiger partial charge in [-0.2, -0.15) is 0 Å². The maximum absolute atomic E-state index is 17.8. The van der Waals surface area contributed by atoms with Crippen LogP contribution in [0, 0.1) is 0 Å². The Balaban J connectivity index is 0.674. The highest BCUT2D eigenvalue weighted by molar-refractivity contribution is 7.86. The second-order valence-electron chi connectivity index (χ2n) is 30.5. The van der Waals surface area contributed by atoms with Gasteiger partial charge in [-0.15, -0.1) is 0 Å². The number of hydrogen-bond acceptors (Lipinski definition) is 3. The van der Waals surface area contributed by atoms with Crippen molar-refractivity contribution in [3.8, 4) is 77.9 Å². The molecule has 0 fully saturated rings. The standard InChI is InChI=1S/C105H67O3P3/c106-109(70-27-5-1-6-28-70,71-29-7-2-8-30-71)75-54-59-88-84-40-18-25-47-96(84)105(100(88)64-75)97-48-26-19-41-85(97)89-60-55-76(65-101(89)105)110(107,72-31-9-3-10-32-72)74-52-49-68(50-53-74)69-51-58-86-90-62-57-78(67-102(90)104(98(86)63-69)94-45-23-15-37-81(94)82-38-16-24-46-95(82)104)111(108,73-33-11-4-12-34-73)77-56-61-87-83-39-17-22-44-93(83)103(99(87)66-77)91-42-20-13-35-79(91)80-36-14-21-43-92(80)103/h1-67H. The largest absolute Gasteiger partial charge is 0.309 e. The minimum Gasteiger partial charge on any atom is -0.309 e. The van der Waals surface area contributed by atoms with Crippen LogP contribution in [-0.4, -0.2) is 0 Å². The van der Waals surface area contributed by atoms with Gasteiger partial charge in [-0.25, -0.2) is 0 Å². The van der Waals surface area contributed by atoms with Gasteiger partial charge in [-0.3, -0.25) is 0 Å². The lowest BCUT2D eigenvalue weighted by atomic mass is 9.70. The van der Waals surface area contributed by atoms with E-state index < -0.39 is 37.7 Å². The number of benzene rings is 17. The van der Waals surface area contributed by atoms with Crippen LogP contribution in [0.3, 0.4) is 0 Å². The fourth-order valence-corrected chi connectivity index (χ4v) is 29.0. The van der Waals surface area contributed by atoms with Crippen molar-refractivity contribution in [2.24, 2.45) is 0 Å². The van der Waals surface area contributed by atoms with Crippen molar-refractivity contribution in [3.63, 3.8) is 0 Å². The summed E-state index contributed by atoms with van der Waals surface area (Å²) in [6, 6.07) is 144. The van der Waals surface area contributed by atoms with E-state index in [1.165, 1.54) is 55.6 Å². The van der Waals surface area contributed by atoms with Gasteiger partial charge in [-0.05, 0) is 175 Å². The maximum Gasteiger partial charge on any atom is 0.171 e. The predicted octanol–water partition coefficient (Wildman–Crippen LogP) is 21.3. The second kappa shape index (κ2) is 23.7. The molecule has 0 aromatic heterocycles. The van der Waals surface area contributed by atoms with E-state index >= 15 is 13.7 Å². The first-order valence-corrected chi connectivity index (χ1v) is 43.4. The Morgan fingerprint density at radius 2 is 0.306 bits per heavy atom. The topological polar surface area (TPSA) is 51.2 Å². The zero-order chi connectivity index (χ0) is 73.6. The Kier molecular flexibility index (Phi) is 13.8. The highest BCUT2D eigenvalue weighted by Gasteiger charge is 2.56. The lowest BCUT2D eigenvalue weighted by Crippen LogP contribution is -2.31. The summed E-state index contributed by atoms with van der Waals surface area (Å²) in [5, 5.41) is 6.87. The van der Waals surface area contributed by atoms with Crippen LogP contribution in [0.1, 0.15) is 66.8 Å². The van der Waals surface area contributed by atoms with E-state index in [1.54, 1.807) is 0 Å². The number of fused-ring (bicyclic) bond motifs is 30. The Labute approximate surface area is 645 Å². The van der Waals surface area contributed by atoms with E-state index in [9.17, 15) is 0 Å².